The summed E-state index contributed by atoms with van der Waals surface area (Å²) >= 11 is 0. The van der Waals surface area contributed by atoms with Crippen molar-refractivity contribution < 1.29 is 4.74 Å². The molecule has 3 heteroatoms. The van der Waals surface area contributed by atoms with E-state index in [4.69, 9.17) is 4.74 Å². The minimum absolute atomic E-state index is 0.817. The van der Waals surface area contributed by atoms with Crippen LogP contribution in [0.3, 0.4) is 0 Å². The Bertz CT molecular complexity index is 504. The van der Waals surface area contributed by atoms with Crippen LogP contribution in [0.2, 0.25) is 0 Å². The molecule has 104 valence electrons. The van der Waals surface area contributed by atoms with Crippen molar-refractivity contribution >= 4 is 10.9 Å². The maximum Gasteiger partial charge on any atom is 0.0483 e. The lowest BCUT2D eigenvalue weighted by Gasteiger charge is -2.08. The molecule has 0 amide bonds. The van der Waals surface area contributed by atoms with Gasteiger partial charge in [0, 0.05) is 43.9 Å². The highest BCUT2D eigenvalue weighted by atomic mass is 16.5. The lowest BCUT2D eigenvalue weighted by molar-refractivity contribution is 0.190. The lowest BCUT2D eigenvalue weighted by atomic mass is 10.1. The standard InChI is InChI=1S/C16H24N2O/c1-3-9-17-13-14-6-4-7-16-15(14)8-11-18(16)10-5-12-19-2/h4,6-8,11,17H,3,5,9-10,12-13H2,1-2H3. The van der Waals surface area contributed by atoms with E-state index in [1.807, 2.05) is 0 Å². The SMILES string of the molecule is CCCNCc1cccc2c1ccn2CCCOC. The largest absolute Gasteiger partial charge is 0.385 e. The molecule has 1 N–H and O–H groups in total. The minimum atomic E-state index is 0.817. The highest BCUT2D eigenvalue weighted by Gasteiger charge is 2.05. The molecule has 1 aromatic heterocycles. The molecule has 0 aliphatic rings. The monoisotopic (exact) mass is 260 g/mol. The molecular formula is C16H24N2O. The first-order chi connectivity index (χ1) is 9.36. The van der Waals surface area contributed by atoms with E-state index in [-0.39, 0.29) is 0 Å². The van der Waals surface area contributed by atoms with Crippen LogP contribution in [-0.2, 0) is 17.8 Å². The van der Waals surface area contributed by atoms with Crippen LogP contribution in [0.1, 0.15) is 25.3 Å². The van der Waals surface area contributed by atoms with Crippen LogP contribution in [0.15, 0.2) is 30.5 Å². The van der Waals surface area contributed by atoms with Gasteiger partial charge in [-0.1, -0.05) is 19.1 Å². The molecule has 2 aromatic rings. The first-order valence-corrected chi connectivity index (χ1v) is 7.13. The molecule has 0 aliphatic heterocycles. The summed E-state index contributed by atoms with van der Waals surface area (Å²) in [5.74, 6) is 0. The molecule has 0 radical (unpaired) electrons. The summed E-state index contributed by atoms with van der Waals surface area (Å²) < 4.78 is 7.44. The number of aromatic nitrogens is 1. The highest BCUT2D eigenvalue weighted by molar-refractivity contribution is 5.83. The number of aryl methyl sites for hydroxylation is 1. The number of hydrogen-bond acceptors (Lipinski definition) is 2. The molecule has 1 heterocycles. The number of fused-ring (bicyclic) bond motifs is 1. The van der Waals surface area contributed by atoms with Gasteiger partial charge in [-0.3, -0.25) is 0 Å². The second-order valence-electron chi connectivity index (χ2n) is 4.88. The molecule has 0 fully saturated rings. The van der Waals surface area contributed by atoms with Gasteiger partial charge in [-0.15, -0.1) is 0 Å². The lowest BCUT2D eigenvalue weighted by Crippen LogP contribution is -2.13. The Balaban J connectivity index is 2.12. The fraction of sp³-hybridized carbons (Fsp3) is 0.500. The molecular weight excluding hydrogens is 236 g/mol. The van der Waals surface area contributed by atoms with Gasteiger partial charge in [-0.25, -0.2) is 0 Å². The first kappa shape index (κ1) is 14.1. The number of methoxy groups -OCH3 is 1. The summed E-state index contributed by atoms with van der Waals surface area (Å²) in [5, 5.41) is 4.84. The Morgan fingerprint density at radius 2 is 2.16 bits per heavy atom. The average Bonchev–Trinajstić information content (AvgIpc) is 2.84. The van der Waals surface area contributed by atoms with Gasteiger partial charge >= 0.3 is 0 Å². The van der Waals surface area contributed by atoms with Gasteiger partial charge < -0.3 is 14.6 Å². The van der Waals surface area contributed by atoms with Gasteiger partial charge in [0.1, 0.15) is 0 Å². The van der Waals surface area contributed by atoms with Crippen LogP contribution >= 0.6 is 0 Å². The summed E-state index contributed by atoms with van der Waals surface area (Å²) in [6, 6.07) is 8.79. The molecule has 2 rings (SSSR count). The van der Waals surface area contributed by atoms with Crippen LogP contribution in [0.25, 0.3) is 10.9 Å². The number of rotatable bonds is 8. The molecule has 0 atom stereocenters. The molecule has 0 saturated carbocycles. The molecule has 1 aromatic carbocycles. The Hall–Kier alpha value is -1.32. The van der Waals surface area contributed by atoms with Gasteiger partial charge in [-0.2, -0.15) is 0 Å². The maximum atomic E-state index is 5.12. The van der Waals surface area contributed by atoms with Crippen LogP contribution in [0, 0.1) is 0 Å². The number of nitrogens with zero attached hydrogens (tertiary/aromatic N) is 1. The molecule has 19 heavy (non-hydrogen) atoms. The fourth-order valence-corrected chi connectivity index (χ4v) is 2.42. The molecule has 0 aliphatic carbocycles. The van der Waals surface area contributed by atoms with Crippen molar-refractivity contribution in [3.05, 3.63) is 36.0 Å². The quantitative estimate of drug-likeness (QED) is 0.738. The second kappa shape index (κ2) is 7.31. The predicted octanol–water partition coefficient (Wildman–Crippen LogP) is 3.18. The van der Waals surface area contributed by atoms with Gasteiger partial charge in [0.05, 0.1) is 0 Å². The van der Waals surface area contributed by atoms with E-state index >= 15 is 0 Å². The molecule has 0 saturated heterocycles. The van der Waals surface area contributed by atoms with Crippen LogP contribution < -0.4 is 5.32 Å². The number of ether oxygens (including phenoxy) is 1. The zero-order chi connectivity index (χ0) is 13.5. The van der Waals surface area contributed by atoms with E-state index in [0.717, 1.165) is 32.7 Å². The third kappa shape index (κ3) is 3.58. The summed E-state index contributed by atoms with van der Waals surface area (Å²) in [5.41, 5.74) is 2.71. The van der Waals surface area contributed by atoms with Crippen LogP contribution in [0.5, 0.6) is 0 Å². The van der Waals surface area contributed by atoms with E-state index < -0.39 is 0 Å². The molecule has 3 nitrogen and oxygen atoms in total. The van der Waals surface area contributed by atoms with Crippen LogP contribution in [0.4, 0.5) is 0 Å². The van der Waals surface area contributed by atoms with Gasteiger partial charge in [-0.05, 0) is 37.1 Å². The molecule has 0 spiro atoms. The highest BCUT2D eigenvalue weighted by Crippen LogP contribution is 2.20. The van der Waals surface area contributed by atoms with Crippen molar-refractivity contribution in [2.45, 2.75) is 32.9 Å². The Labute approximate surface area is 115 Å². The topological polar surface area (TPSA) is 26.2 Å². The molecule has 0 unspecified atom stereocenters. The summed E-state index contributed by atoms with van der Waals surface area (Å²) in [6.07, 6.45) is 4.41. The minimum Gasteiger partial charge on any atom is -0.385 e. The van der Waals surface area contributed by atoms with Gasteiger partial charge in [0.15, 0.2) is 0 Å². The number of nitrogens with one attached hydrogen (secondary N) is 1. The second-order valence-corrected chi connectivity index (χ2v) is 4.88. The van der Waals surface area contributed by atoms with E-state index in [2.05, 4.69) is 47.3 Å². The van der Waals surface area contributed by atoms with Crippen molar-refractivity contribution in [2.75, 3.05) is 20.3 Å². The first-order valence-electron chi connectivity index (χ1n) is 7.13. The van der Waals surface area contributed by atoms with E-state index in [9.17, 15) is 0 Å². The summed E-state index contributed by atoms with van der Waals surface area (Å²) in [7, 11) is 1.76. The fourth-order valence-electron chi connectivity index (χ4n) is 2.42. The third-order valence-corrected chi connectivity index (χ3v) is 3.39. The number of hydrogen-bond donors (Lipinski definition) is 1. The van der Waals surface area contributed by atoms with Crippen LogP contribution in [-0.4, -0.2) is 24.8 Å². The van der Waals surface area contributed by atoms with Crippen molar-refractivity contribution in [1.82, 2.24) is 9.88 Å². The Morgan fingerprint density at radius 3 is 2.95 bits per heavy atom. The smallest absolute Gasteiger partial charge is 0.0483 e. The Kier molecular flexibility index (Phi) is 5.43. The van der Waals surface area contributed by atoms with Gasteiger partial charge in [0.2, 0.25) is 0 Å². The Morgan fingerprint density at radius 1 is 1.26 bits per heavy atom. The van der Waals surface area contributed by atoms with Crippen molar-refractivity contribution in [3.63, 3.8) is 0 Å². The summed E-state index contributed by atoms with van der Waals surface area (Å²) in [6.45, 7) is 6.05. The third-order valence-electron chi connectivity index (χ3n) is 3.39. The maximum absolute atomic E-state index is 5.12. The predicted molar refractivity (Wildman–Crippen MR) is 80.4 cm³/mol. The number of benzene rings is 1. The van der Waals surface area contributed by atoms with E-state index in [0.29, 0.717) is 0 Å². The normalized spacial score (nSPS) is 11.3. The van der Waals surface area contributed by atoms with Crippen molar-refractivity contribution in [2.24, 2.45) is 0 Å². The zero-order valence-electron chi connectivity index (χ0n) is 12.0. The zero-order valence-corrected chi connectivity index (χ0v) is 12.0. The average molecular weight is 260 g/mol. The van der Waals surface area contributed by atoms with Crippen molar-refractivity contribution in [1.29, 1.82) is 0 Å². The van der Waals surface area contributed by atoms with E-state index in [1.165, 1.54) is 22.9 Å². The van der Waals surface area contributed by atoms with Gasteiger partial charge in [0.25, 0.3) is 0 Å². The summed E-state index contributed by atoms with van der Waals surface area (Å²) in [4.78, 5) is 0. The van der Waals surface area contributed by atoms with E-state index in [1.54, 1.807) is 7.11 Å². The molecule has 0 bridgehead atoms. The van der Waals surface area contributed by atoms with Crippen molar-refractivity contribution in [3.8, 4) is 0 Å².